The molecular formula is C23H24N2O3. The number of carboxylic acid groups (broad SMARTS) is 1. The molecule has 1 saturated heterocycles. The summed E-state index contributed by atoms with van der Waals surface area (Å²) < 4.78 is 0. The maximum Gasteiger partial charge on any atom is 0.311 e. The molecule has 4 rings (SSSR count). The van der Waals surface area contributed by atoms with Crippen LogP contribution in [0.15, 0.2) is 60.7 Å². The van der Waals surface area contributed by atoms with Crippen molar-refractivity contribution in [3.8, 4) is 0 Å². The third-order valence-corrected chi connectivity index (χ3v) is 5.67. The maximum absolute atomic E-state index is 12.3. The van der Waals surface area contributed by atoms with Crippen LogP contribution in [0.4, 0.5) is 5.82 Å². The van der Waals surface area contributed by atoms with Crippen LogP contribution in [-0.2, 0) is 17.8 Å². The lowest BCUT2D eigenvalue weighted by atomic mass is 9.75. The van der Waals surface area contributed by atoms with Crippen molar-refractivity contribution < 1.29 is 15.0 Å². The van der Waals surface area contributed by atoms with E-state index in [0.717, 1.165) is 35.0 Å². The van der Waals surface area contributed by atoms with Gasteiger partial charge in [-0.05, 0) is 37.0 Å². The molecule has 3 aromatic rings. The first-order valence-electron chi connectivity index (χ1n) is 9.63. The normalized spacial score (nSPS) is 19.7. The summed E-state index contributed by atoms with van der Waals surface area (Å²) in [5, 5.41) is 21.0. The number of carboxylic acids is 1. The fourth-order valence-corrected chi connectivity index (χ4v) is 4.23. The second-order valence-corrected chi connectivity index (χ2v) is 7.59. The number of aliphatic carboxylic acids is 1. The summed E-state index contributed by atoms with van der Waals surface area (Å²) in [5.74, 6) is -0.0769. The van der Waals surface area contributed by atoms with E-state index in [-0.39, 0.29) is 6.61 Å². The van der Waals surface area contributed by atoms with Crippen molar-refractivity contribution in [3.63, 3.8) is 0 Å². The maximum atomic E-state index is 12.3. The number of aliphatic hydroxyl groups excluding tert-OH is 1. The third kappa shape index (κ3) is 3.45. The number of carbonyl (C=O) groups is 1. The minimum atomic E-state index is -0.861. The first-order valence-corrected chi connectivity index (χ1v) is 9.63. The van der Waals surface area contributed by atoms with Gasteiger partial charge in [0.15, 0.2) is 0 Å². The van der Waals surface area contributed by atoms with Gasteiger partial charge in [-0.25, -0.2) is 4.98 Å². The molecule has 0 spiro atoms. The first kappa shape index (κ1) is 18.4. The van der Waals surface area contributed by atoms with Crippen molar-refractivity contribution >= 4 is 22.7 Å². The number of para-hydroxylation sites is 1. The van der Waals surface area contributed by atoms with Crippen molar-refractivity contribution in [2.45, 2.75) is 25.9 Å². The smallest absolute Gasteiger partial charge is 0.311 e. The number of aliphatic hydroxyl groups is 1. The van der Waals surface area contributed by atoms with Crippen molar-refractivity contribution in [1.82, 2.24) is 4.98 Å². The third-order valence-electron chi connectivity index (χ3n) is 5.67. The van der Waals surface area contributed by atoms with Gasteiger partial charge in [0.1, 0.15) is 5.82 Å². The summed E-state index contributed by atoms with van der Waals surface area (Å²) in [7, 11) is 0. The molecule has 144 valence electrons. The number of benzene rings is 2. The number of pyridine rings is 1. The molecule has 0 saturated carbocycles. The van der Waals surface area contributed by atoms with E-state index in [4.69, 9.17) is 4.98 Å². The van der Waals surface area contributed by atoms with Gasteiger partial charge in [0.2, 0.25) is 0 Å². The highest BCUT2D eigenvalue weighted by atomic mass is 16.4. The number of hydrogen-bond donors (Lipinski definition) is 2. The molecule has 1 aliphatic rings. The van der Waals surface area contributed by atoms with Crippen LogP contribution in [0.3, 0.4) is 0 Å². The average Bonchev–Trinajstić information content (AvgIpc) is 2.73. The molecule has 2 aromatic carbocycles. The Morgan fingerprint density at radius 2 is 1.86 bits per heavy atom. The van der Waals surface area contributed by atoms with Crippen LogP contribution >= 0.6 is 0 Å². The Morgan fingerprint density at radius 3 is 2.61 bits per heavy atom. The van der Waals surface area contributed by atoms with Crippen LogP contribution in [0, 0.1) is 5.41 Å². The van der Waals surface area contributed by atoms with Crippen LogP contribution in [0.5, 0.6) is 0 Å². The molecule has 0 bridgehead atoms. The Balaban J connectivity index is 1.71. The summed E-state index contributed by atoms with van der Waals surface area (Å²) in [6, 6.07) is 19.5. The quantitative estimate of drug-likeness (QED) is 0.711. The highest BCUT2D eigenvalue weighted by Gasteiger charge is 2.43. The first-order chi connectivity index (χ1) is 13.6. The van der Waals surface area contributed by atoms with E-state index in [1.54, 1.807) is 0 Å². The fourth-order valence-electron chi connectivity index (χ4n) is 4.23. The van der Waals surface area contributed by atoms with E-state index in [2.05, 4.69) is 0 Å². The van der Waals surface area contributed by atoms with Crippen molar-refractivity contribution in [3.05, 3.63) is 71.8 Å². The van der Waals surface area contributed by atoms with Crippen molar-refractivity contribution in [2.75, 3.05) is 18.0 Å². The molecule has 0 radical (unpaired) electrons. The van der Waals surface area contributed by atoms with Crippen LogP contribution in [0.2, 0.25) is 0 Å². The Bertz CT molecular complexity index is 990. The molecule has 1 aliphatic heterocycles. The lowest BCUT2D eigenvalue weighted by Gasteiger charge is -2.41. The number of aromatic nitrogens is 1. The zero-order valence-corrected chi connectivity index (χ0v) is 15.7. The number of piperidine rings is 1. The van der Waals surface area contributed by atoms with Gasteiger partial charge in [-0.1, -0.05) is 48.5 Å². The summed E-state index contributed by atoms with van der Waals surface area (Å²) in [6.07, 6.45) is 1.90. The zero-order valence-electron chi connectivity index (χ0n) is 15.7. The van der Waals surface area contributed by atoms with Crippen molar-refractivity contribution in [1.29, 1.82) is 0 Å². The lowest BCUT2D eigenvalue weighted by Crippen LogP contribution is -2.49. The van der Waals surface area contributed by atoms with Crippen LogP contribution in [-0.4, -0.2) is 34.3 Å². The second kappa shape index (κ2) is 7.60. The monoisotopic (exact) mass is 376 g/mol. The molecule has 1 atom stereocenters. The molecule has 1 aromatic heterocycles. The molecule has 5 heteroatoms. The average molecular weight is 376 g/mol. The minimum Gasteiger partial charge on any atom is -0.481 e. The minimum absolute atomic E-state index is 0.123. The molecule has 2 heterocycles. The summed E-state index contributed by atoms with van der Waals surface area (Å²) in [6.45, 7) is 1.00. The van der Waals surface area contributed by atoms with Gasteiger partial charge in [-0.15, -0.1) is 0 Å². The SMILES string of the molecule is O=C(O)C1(Cc2ccccc2)CCCN(c2nc3ccccc3cc2CO)C1. The summed E-state index contributed by atoms with van der Waals surface area (Å²) in [4.78, 5) is 19.1. The highest BCUT2D eigenvalue weighted by molar-refractivity contribution is 5.82. The molecule has 1 fully saturated rings. The van der Waals surface area contributed by atoms with Gasteiger partial charge in [0.05, 0.1) is 17.5 Å². The Hall–Kier alpha value is -2.92. The Labute approximate surface area is 164 Å². The zero-order chi connectivity index (χ0) is 19.6. The molecule has 5 nitrogen and oxygen atoms in total. The predicted octanol–water partition coefficient (Wildman–Crippen LogP) is 3.64. The summed E-state index contributed by atoms with van der Waals surface area (Å²) >= 11 is 0. The topological polar surface area (TPSA) is 73.7 Å². The van der Waals surface area contributed by atoms with E-state index in [1.165, 1.54) is 0 Å². The van der Waals surface area contributed by atoms with Gasteiger partial charge in [-0.3, -0.25) is 4.79 Å². The Morgan fingerprint density at radius 1 is 1.11 bits per heavy atom. The van der Waals surface area contributed by atoms with E-state index in [0.29, 0.717) is 25.2 Å². The number of rotatable bonds is 5. The molecule has 2 N–H and O–H groups in total. The predicted molar refractivity (Wildman–Crippen MR) is 109 cm³/mol. The van der Waals surface area contributed by atoms with Crippen LogP contribution in [0.25, 0.3) is 10.9 Å². The number of nitrogens with zero attached hydrogens (tertiary/aromatic N) is 2. The number of anilines is 1. The van der Waals surface area contributed by atoms with Gasteiger partial charge >= 0.3 is 5.97 Å². The Kier molecular flexibility index (Phi) is 5.01. The molecule has 0 aliphatic carbocycles. The lowest BCUT2D eigenvalue weighted by molar-refractivity contribution is -0.149. The highest BCUT2D eigenvalue weighted by Crippen LogP contribution is 2.37. The van der Waals surface area contributed by atoms with Gasteiger partial charge in [-0.2, -0.15) is 0 Å². The molecular weight excluding hydrogens is 352 g/mol. The van der Waals surface area contributed by atoms with E-state index < -0.39 is 11.4 Å². The fraction of sp³-hybridized carbons (Fsp3) is 0.304. The van der Waals surface area contributed by atoms with Crippen LogP contribution < -0.4 is 4.90 Å². The second-order valence-electron chi connectivity index (χ2n) is 7.59. The largest absolute Gasteiger partial charge is 0.481 e. The van der Waals surface area contributed by atoms with E-state index in [9.17, 15) is 15.0 Å². The van der Waals surface area contributed by atoms with Gasteiger partial charge in [0.25, 0.3) is 0 Å². The van der Waals surface area contributed by atoms with Crippen LogP contribution in [0.1, 0.15) is 24.0 Å². The molecule has 1 unspecified atom stereocenters. The van der Waals surface area contributed by atoms with Gasteiger partial charge < -0.3 is 15.1 Å². The van der Waals surface area contributed by atoms with Gasteiger partial charge in [0, 0.05) is 24.0 Å². The van der Waals surface area contributed by atoms with Crippen molar-refractivity contribution in [2.24, 2.45) is 5.41 Å². The molecule has 28 heavy (non-hydrogen) atoms. The number of hydrogen-bond acceptors (Lipinski definition) is 4. The van der Waals surface area contributed by atoms with E-state index >= 15 is 0 Å². The molecule has 0 amide bonds. The standard InChI is InChI=1S/C23H24N2O3/c26-15-19-13-18-9-4-5-10-20(18)24-21(19)25-12-6-11-23(16-25,22(27)28)14-17-7-2-1-3-8-17/h1-5,7-10,13,26H,6,11-12,14-16H2,(H,27,28). The summed E-state index contributed by atoms with van der Waals surface area (Å²) in [5.41, 5.74) is 1.75. The van der Waals surface area contributed by atoms with E-state index in [1.807, 2.05) is 65.6 Å². The number of fused-ring (bicyclic) bond motifs is 1.